The molecule has 0 spiro atoms. The number of hydrogen-bond acceptors (Lipinski definition) is 3. The maximum Gasteiger partial charge on any atom is 0.231 e. The summed E-state index contributed by atoms with van der Waals surface area (Å²) in [5.74, 6) is 0.774. The third-order valence-electron chi connectivity index (χ3n) is 4.72. The Labute approximate surface area is 136 Å². The Hall–Kier alpha value is -1.61. The molecule has 4 rings (SSSR count). The minimum atomic E-state index is 0.652. The smallest absolute Gasteiger partial charge is 0.231 e. The number of benzene rings is 1. The Bertz CT molecular complexity index is 727. The van der Waals surface area contributed by atoms with E-state index in [0.717, 1.165) is 49.4 Å². The summed E-state index contributed by atoms with van der Waals surface area (Å²) >= 11 is 6.44. The van der Waals surface area contributed by atoms with E-state index in [2.05, 4.69) is 35.0 Å². The highest BCUT2D eigenvalue weighted by Gasteiger charge is 2.23. The van der Waals surface area contributed by atoms with Crippen LogP contribution in [0.15, 0.2) is 18.2 Å². The Balaban J connectivity index is 1.79. The van der Waals surface area contributed by atoms with E-state index in [0.29, 0.717) is 5.15 Å². The van der Waals surface area contributed by atoms with E-state index >= 15 is 0 Å². The molecule has 0 fully saturated rings. The molecule has 0 N–H and O–H groups in total. The lowest BCUT2D eigenvalue weighted by molar-refractivity contribution is 0.657. The summed E-state index contributed by atoms with van der Waals surface area (Å²) in [7, 11) is 0. The van der Waals surface area contributed by atoms with Crippen LogP contribution in [0.1, 0.15) is 41.6 Å². The lowest BCUT2D eigenvalue weighted by atomic mass is 9.97. The van der Waals surface area contributed by atoms with Crippen LogP contribution < -0.4 is 4.90 Å². The highest BCUT2D eigenvalue weighted by atomic mass is 35.5. The lowest BCUT2D eigenvalue weighted by Crippen LogP contribution is -2.27. The van der Waals surface area contributed by atoms with Gasteiger partial charge in [-0.1, -0.05) is 29.3 Å². The molecule has 1 aromatic heterocycles. The van der Waals surface area contributed by atoms with Crippen molar-refractivity contribution in [2.24, 2.45) is 0 Å². The van der Waals surface area contributed by atoms with Crippen LogP contribution in [0.2, 0.25) is 5.15 Å². The van der Waals surface area contributed by atoms with Crippen molar-refractivity contribution in [2.75, 3.05) is 11.4 Å². The predicted molar refractivity (Wildman–Crippen MR) is 90.2 cm³/mol. The fourth-order valence-electron chi connectivity index (χ4n) is 3.59. The summed E-state index contributed by atoms with van der Waals surface area (Å²) in [4.78, 5) is 11.7. The molecule has 0 saturated carbocycles. The number of hydrogen-bond donors (Lipinski definition) is 0. The van der Waals surface area contributed by atoms with Gasteiger partial charge in [-0.25, -0.2) is 9.97 Å². The minimum Gasteiger partial charge on any atom is -0.310 e. The fraction of sp³-hybridized carbons (Fsp3) is 0.444. The summed E-state index contributed by atoms with van der Waals surface area (Å²) in [6.45, 7) is 3.11. The quantitative estimate of drug-likeness (QED) is 0.731. The van der Waals surface area contributed by atoms with Gasteiger partial charge in [-0.15, -0.1) is 0 Å². The summed E-state index contributed by atoms with van der Waals surface area (Å²) < 4.78 is 0. The molecule has 2 heterocycles. The zero-order valence-corrected chi connectivity index (χ0v) is 13.7. The van der Waals surface area contributed by atoms with Gasteiger partial charge in [0.1, 0.15) is 5.15 Å². The van der Waals surface area contributed by atoms with Gasteiger partial charge in [-0.3, -0.25) is 0 Å². The van der Waals surface area contributed by atoms with Crippen molar-refractivity contribution in [3.05, 3.63) is 45.7 Å². The van der Waals surface area contributed by atoms with Gasteiger partial charge < -0.3 is 4.90 Å². The van der Waals surface area contributed by atoms with Gasteiger partial charge in [0.2, 0.25) is 5.95 Å². The molecule has 2 aliphatic rings. The topological polar surface area (TPSA) is 29.0 Å². The van der Waals surface area contributed by atoms with Crippen LogP contribution in [0.25, 0.3) is 0 Å². The maximum atomic E-state index is 6.44. The van der Waals surface area contributed by atoms with Crippen LogP contribution in [-0.4, -0.2) is 16.5 Å². The van der Waals surface area contributed by atoms with E-state index < -0.39 is 0 Å². The molecule has 0 amide bonds. The third kappa shape index (κ3) is 2.38. The molecule has 0 unspecified atom stereocenters. The number of anilines is 2. The van der Waals surface area contributed by atoms with Crippen molar-refractivity contribution in [2.45, 2.75) is 45.4 Å². The SMILES string of the molecule is Cc1ccc2c(c1)CCCN2c1nc(Cl)c2c(n1)CCCC2. The normalized spacial score (nSPS) is 17.1. The Morgan fingerprint density at radius 1 is 1.05 bits per heavy atom. The summed E-state index contributed by atoms with van der Waals surface area (Å²) in [6, 6.07) is 6.64. The second-order valence-corrected chi connectivity index (χ2v) is 6.69. The molecule has 114 valence electrons. The van der Waals surface area contributed by atoms with Crippen LogP contribution in [0.4, 0.5) is 11.6 Å². The highest BCUT2D eigenvalue weighted by molar-refractivity contribution is 6.30. The van der Waals surface area contributed by atoms with Crippen molar-refractivity contribution in [3.8, 4) is 0 Å². The molecule has 1 aliphatic carbocycles. The van der Waals surface area contributed by atoms with E-state index in [9.17, 15) is 0 Å². The van der Waals surface area contributed by atoms with Crippen LogP contribution in [0, 0.1) is 6.92 Å². The van der Waals surface area contributed by atoms with E-state index in [4.69, 9.17) is 16.6 Å². The van der Waals surface area contributed by atoms with Gasteiger partial charge in [-0.2, -0.15) is 0 Å². The van der Waals surface area contributed by atoms with E-state index in [1.807, 2.05) is 0 Å². The maximum absolute atomic E-state index is 6.44. The third-order valence-corrected chi connectivity index (χ3v) is 5.03. The first kappa shape index (κ1) is 14.0. The van der Waals surface area contributed by atoms with Crippen molar-refractivity contribution in [3.63, 3.8) is 0 Å². The van der Waals surface area contributed by atoms with Crippen LogP contribution >= 0.6 is 11.6 Å². The van der Waals surface area contributed by atoms with Gasteiger partial charge in [0.15, 0.2) is 0 Å². The van der Waals surface area contributed by atoms with Gasteiger partial charge in [0.25, 0.3) is 0 Å². The number of halogens is 1. The Kier molecular flexibility index (Phi) is 3.53. The molecule has 0 saturated heterocycles. The van der Waals surface area contributed by atoms with Crippen molar-refractivity contribution in [1.82, 2.24) is 9.97 Å². The van der Waals surface area contributed by atoms with Gasteiger partial charge >= 0.3 is 0 Å². The molecule has 3 nitrogen and oxygen atoms in total. The standard InChI is InChI=1S/C18H20ClN3/c1-12-8-9-16-13(11-12)5-4-10-22(16)18-20-15-7-3-2-6-14(15)17(19)21-18/h8-9,11H,2-7,10H2,1H3. The largest absolute Gasteiger partial charge is 0.310 e. The number of nitrogens with zero attached hydrogens (tertiary/aromatic N) is 3. The monoisotopic (exact) mass is 313 g/mol. The molecular weight excluding hydrogens is 294 g/mol. The molecular formula is C18H20ClN3. The Morgan fingerprint density at radius 2 is 1.91 bits per heavy atom. The summed E-state index contributed by atoms with van der Waals surface area (Å²) in [5.41, 5.74) is 6.26. The van der Waals surface area contributed by atoms with Crippen LogP contribution in [0.3, 0.4) is 0 Å². The minimum absolute atomic E-state index is 0.652. The zero-order chi connectivity index (χ0) is 15.1. The van der Waals surface area contributed by atoms with Crippen molar-refractivity contribution < 1.29 is 0 Å². The zero-order valence-electron chi connectivity index (χ0n) is 12.9. The Morgan fingerprint density at radius 3 is 2.82 bits per heavy atom. The van der Waals surface area contributed by atoms with E-state index in [1.165, 1.54) is 29.7 Å². The molecule has 22 heavy (non-hydrogen) atoms. The number of aromatic nitrogens is 2. The van der Waals surface area contributed by atoms with E-state index in [1.54, 1.807) is 0 Å². The van der Waals surface area contributed by atoms with Gasteiger partial charge in [-0.05, 0) is 57.1 Å². The molecule has 1 aliphatic heterocycles. The predicted octanol–water partition coefficient (Wildman–Crippen LogP) is 4.40. The second kappa shape index (κ2) is 5.54. The van der Waals surface area contributed by atoms with Gasteiger partial charge in [0.05, 0.1) is 5.69 Å². The first-order valence-corrected chi connectivity index (χ1v) is 8.52. The number of rotatable bonds is 1. The first-order chi connectivity index (χ1) is 10.7. The van der Waals surface area contributed by atoms with E-state index in [-0.39, 0.29) is 0 Å². The van der Waals surface area contributed by atoms with Crippen molar-refractivity contribution in [1.29, 1.82) is 0 Å². The molecule has 0 atom stereocenters. The fourth-order valence-corrected chi connectivity index (χ4v) is 3.87. The summed E-state index contributed by atoms with van der Waals surface area (Å²) in [6.07, 6.45) is 6.71. The first-order valence-electron chi connectivity index (χ1n) is 8.15. The summed E-state index contributed by atoms with van der Waals surface area (Å²) in [5, 5.41) is 0.652. The highest BCUT2D eigenvalue weighted by Crippen LogP contribution is 2.34. The molecule has 2 aromatic rings. The molecule has 0 bridgehead atoms. The molecule has 4 heteroatoms. The van der Waals surface area contributed by atoms with Crippen molar-refractivity contribution >= 4 is 23.2 Å². The lowest BCUT2D eigenvalue weighted by Gasteiger charge is -2.30. The molecule has 1 aromatic carbocycles. The average molecular weight is 314 g/mol. The average Bonchev–Trinajstić information content (AvgIpc) is 2.54. The number of fused-ring (bicyclic) bond motifs is 2. The van der Waals surface area contributed by atoms with Crippen LogP contribution in [-0.2, 0) is 19.3 Å². The van der Waals surface area contributed by atoms with Gasteiger partial charge in [0, 0.05) is 17.8 Å². The molecule has 0 radical (unpaired) electrons. The second-order valence-electron chi connectivity index (χ2n) is 6.33. The van der Waals surface area contributed by atoms with Crippen LogP contribution in [0.5, 0.6) is 0 Å². The number of aryl methyl sites for hydroxylation is 3.